The molecule has 0 radical (unpaired) electrons. The zero-order valence-electron chi connectivity index (χ0n) is 11.9. The van der Waals surface area contributed by atoms with Crippen LogP contribution in [0.3, 0.4) is 0 Å². The fraction of sp³-hybridized carbons (Fsp3) is 0.438. The Morgan fingerprint density at radius 1 is 1.06 bits per heavy atom. The Labute approximate surface area is 110 Å². The summed E-state index contributed by atoms with van der Waals surface area (Å²) in [6, 6.07) is 10.3. The number of nitrogens with zero attached hydrogens (tertiary/aromatic N) is 1. The first-order valence-corrected chi connectivity index (χ1v) is 6.59. The van der Waals surface area contributed by atoms with E-state index in [4.69, 9.17) is 0 Å². The molecule has 0 saturated heterocycles. The van der Waals surface area contributed by atoms with Crippen molar-refractivity contribution in [3.05, 3.63) is 47.0 Å². The van der Waals surface area contributed by atoms with Crippen molar-refractivity contribution in [2.45, 2.75) is 34.1 Å². The molecule has 0 bridgehead atoms. The maximum atomic E-state index is 12.2. The molecule has 0 atom stereocenters. The van der Waals surface area contributed by atoms with Gasteiger partial charge in [0.1, 0.15) is 0 Å². The summed E-state index contributed by atoms with van der Waals surface area (Å²) in [7, 11) is 0. The maximum absolute atomic E-state index is 12.2. The number of amides is 1. The Morgan fingerprint density at radius 2 is 1.61 bits per heavy atom. The van der Waals surface area contributed by atoms with E-state index in [1.165, 1.54) is 5.56 Å². The normalized spacial score (nSPS) is 12.0. The first-order chi connectivity index (χ1) is 8.60. The van der Waals surface area contributed by atoms with Crippen LogP contribution in [0.1, 0.15) is 33.3 Å². The molecule has 0 aliphatic carbocycles. The third kappa shape index (κ3) is 3.73. The second-order valence-electron chi connectivity index (χ2n) is 4.55. The number of carbonyl (C=O) groups is 1. The zero-order valence-corrected chi connectivity index (χ0v) is 11.9. The van der Waals surface area contributed by atoms with Gasteiger partial charge in [0.25, 0.3) is 0 Å². The van der Waals surface area contributed by atoms with Gasteiger partial charge in [0.05, 0.1) is 0 Å². The summed E-state index contributed by atoms with van der Waals surface area (Å²) in [5.41, 5.74) is 3.28. The third-order valence-corrected chi connectivity index (χ3v) is 3.32. The Bertz CT molecular complexity index is 416. The monoisotopic (exact) mass is 245 g/mol. The molecule has 0 heterocycles. The lowest BCUT2D eigenvalue weighted by Crippen LogP contribution is -2.31. The molecule has 1 aromatic carbocycles. The molecular weight excluding hydrogens is 222 g/mol. The van der Waals surface area contributed by atoms with Gasteiger partial charge in [-0.1, -0.05) is 35.9 Å². The van der Waals surface area contributed by atoms with Crippen LogP contribution >= 0.6 is 0 Å². The molecule has 1 amide bonds. The predicted molar refractivity (Wildman–Crippen MR) is 76.4 cm³/mol. The largest absolute Gasteiger partial charge is 0.339 e. The molecule has 2 nitrogen and oxygen atoms in total. The number of carbonyl (C=O) groups excluding carboxylic acids is 1. The highest BCUT2D eigenvalue weighted by Crippen LogP contribution is 2.13. The molecule has 0 N–H and O–H groups in total. The average Bonchev–Trinajstić information content (AvgIpc) is 2.40. The van der Waals surface area contributed by atoms with Crippen molar-refractivity contribution in [3.8, 4) is 0 Å². The standard InChI is InChI=1S/C16H23NO/c1-5-17(6-2)16(18)14(4)13(3)12-15-10-8-7-9-11-15/h7-11H,5-6,12H2,1-4H3/b14-13+. The van der Waals surface area contributed by atoms with Gasteiger partial charge < -0.3 is 4.90 Å². The van der Waals surface area contributed by atoms with Crippen molar-refractivity contribution in [2.75, 3.05) is 13.1 Å². The van der Waals surface area contributed by atoms with E-state index < -0.39 is 0 Å². The Hall–Kier alpha value is -1.57. The van der Waals surface area contributed by atoms with Crippen LogP contribution in [0.2, 0.25) is 0 Å². The number of allylic oxidation sites excluding steroid dienone is 1. The molecular formula is C16H23NO. The molecule has 0 aromatic heterocycles. The van der Waals surface area contributed by atoms with E-state index in [2.05, 4.69) is 12.1 Å². The van der Waals surface area contributed by atoms with E-state index >= 15 is 0 Å². The molecule has 0 aliphatic heterocycles. The maximum Gasteiger partial charge on any atom is 0.249 e. The van der Waals surface area contributed by atoms with Gasteiger partial charge in [-0.15, -0.1) is 0 Å². The fourth-order valence-electron chi connectivity index (χ4n) is 1.97. The van der Waals surface area contributed by atoms with Crippen molar-refractivity contribution in [3.63, 3.8) is 0 Å². The summed E-state index contributed by atoms with van der Waals surface area (Å²) in [5.74, 6) is 0.161. The minimum atomic E-state index is 0.161. The van der Waals surface area contributed by atoms with Crippen LogP contribution in [-0.4, -0.2) is 23.9 Å². The van der Waals surface area contributed by atoms with Crippen LogP contribution in [-0.2, 0) is 11.2 Å². The summed E-state index contributed by atoms with van der Waals surface area (Å²) in [6.45, 7) is 9.54. The van der Waals surface area contributed by atoms with Gasteiger partial charge in [0, 0.05) is 18.7 Å². The highest BCUT2D eigenvalue weighted by atomic mass is 16.2. The summed E-state index contributed by atoms with van der Waals surface area (Å²) >= 11 is 0. The topological polar surface area (TPSA) is 20.3 Å². The SMILES string of the molecule is CCN(CC)C(=O)/C(C)=C(\C)Cc1ccccc1. The molecule has 0 saturated carbocycles. The van der Waals surface area contributed by atoms with Crippen LogP contribution in [0.5, 0.6) is 0 Å². The van der Waals surface area contributed by atoms with E-state index in [1.54, 1.807) is 0 Å². The van der Waals surface area contributed by atoms with Gasteiger partial charge in [0.2, 0.25) is 5.91 Å². The fourth-order valence-corrected chi connectivity index (χ4v) is 1.97. The van der Waals surface area contributed by atoms with Crippen molar-refractivity contribution >= 4 is 5.91 Å². The van der Waals surface area contributed by atoms with Crippen molar-refractivity contribution in [2.24, 2.45) is 0 Å². The molecule has 0 fully saturated rings. The molecule has 0 aliphatic rings. The lowest BCUT2D eigenvalue weighted by atomic mass is 10.0. The number of benzene rings is 1. The molecule has 98 valence electrons. The number of hydrogen-bond acceptors (Lipinski definition) is 1. The molecule has 0 spiro atoms. The highest BCUT2D eigenvalue weighted by molar-refractivity contribution is 5.93. The van der Waals surface area contributed by atoms with Crippen LogP contribution in [0.4, 0.5) is 0 Å². The van der Waals surface area contributed by atoms with Gasteiger partial charge in [-0.05, 0) is 39.7 Å². The van der Waals surface area contributed by atoms with E-state index in [9.17, 15) is 4.79 Å². The van der Waals surface area contributed by atoms with Crippen molar-refractivity contribution in [1.82, 2.24) is 4.90 Å². The minimum Gasteiger partial charge on any atom is -0.339 e. The smallest absolute Gasteiger partial charge is 0.249 e. The van der Waals surface area contributed by atoms with Gasteiger partial charge in [-0.2, -0.15) is 0 Å². The molecule has 18 heavy (non-hydrogen) atoms. The van der Waals surface area contributed by atoms with Gasteiger partial charge >= 0.3 is 0 Å². The van der Waals surface area contributed by atoms with E-state index in [0.717, 1.165) is 30.7 Å². The van der Waals surface area contributed by atoms with E-state index in [1.807, 2.05) is 50.8 Å². The molecule has 0 unspecified atom stereocenters. The summed E-state index contributed by atoms with van der Waals surface area (Å²) in [4.78, 5) is 14.1. The summed E-state index contributed by atoms with van der Waals surface area (Å²) < 4.78 is 0. The summed E-state index contributed by atoms with van der Waals surface area (Å²) in [6.07, 6.45) is 0.847. The quantitative estimate of drug-likeness (QED) is 0.728. The van der Waals surface area contributed by atoms with Crippen molar-refractivity contribution in [1.29, 1.82) is 0 Å². The van der Waals surface area contributed by atoms with Crippen LogP contribution in [0.15, 0.2) is 41.5 Å². The van der Waals surface area contributed by atoms with Crippen LogP contribution in [0, 0.1) is 0 Å². The van der Waals surface area contributed by atoms with Gasteiger partial charge in [0.15, 0.2) is 0 Å². The number of likely N-dealkylation sites (N-methyl/N-ethyl adjacent to an activating group) is 1. The Kier molecular flexibility index (Phi) is 5.63. The van der Waals surface area contributed by atoms with E-state index in [0.29, 0.717) is 0 Å². The number of rotatable bonds is 5. The lowest BCUT2D eigenvalue weighted by Gasteiger charge is -2.20. The minimum absolute atomic E-state index is 0.161. The first kappa shape index (κ1) is 14.5. The van der Waals surface area contributed by atoms with Gasteiger partial charge in [-0.25, -0.2) is 0 Å². The Morgan fingerprint density at radius 3 is 2.11 bits per heavy atom. The highest BCUT2D eigenvalue weighted by Gasteiger charge is 2.13. The summed E-state index contributed by atoms with van der Waals surface area (Å²) in [5, 5.41) is 0. The molecule has 2 heteroatoms. The Balaban J connectivity index is 2.82. The zero-order chi connectivity index (χ0) is 13.5. The third-order valence-electron chi connectivity index (χ3n) is 3.32. The van der Waals surface area contributed by atoms with Crippen LogP contribution < -0.4 is 0 Å². The van der Waals surface area contributed by atoms with Crippen LogP contribution in [0.25, 0.3) is 0 Å². The van der Waals surface area contributed by atoms with Gasteiger partial charge in [-0.3, -0.25) is 4.79 Å². The number of hydrogen-bond donors (Lipinski definition) is 0. The second-order valence-corrected chi connectivity index (χ2v) is 4.55. The lowest BCUT2D eigenvalue weighted by molar-refractivity contribution is -0.126. The van der Waals surface area contributed by atoms with E-state index in [-0.39, 0.29) is 5.91 Å². The predicted octanol–water partition coefficient (Wildman–Crippen LogP) is 3.43. The molecule has 1 rings (SSSR count). The first-order valence-electron chi connectivity index (χ1n) is 6.59. The van der Waals surface area contributed by atoms with Crippen molar-refractivity contribution < 1.29 is 4.79 Å². The second kappa shape index (κ2) is 7.00. The average molecular weight is 245 g/mol. The molecule has 1 aromatic rings.